The fourth-order valence-electron chi connectivity index (χ4n) is 4.23. The zero-order chi connectivity index (χ0) is 25.8. The Labute approximate surface area is 218 Å². The lowest BCUT2D eigenvalue weighted by molar-refractivity contribution is -0.125. The van der Waals surface area contributed by atoms with Gasteiger partial charge in [0, 0.05) is 31.4 Å². The molecule has 2 aromatic rings. The van der Waals surface area contributed by atoms with E-state index >= 15 is 0 Å². The van der Waals surface area contributed by atoms with Crippen molar-refractivity contribution in [2.45, 2.75) is 38.8 Å². The van der Waals surface area contributed by atoms with E-state index in [4.69, 9.17) is 16.3 Å². The first-order valence-electron chi connectivity index (χ1n) is 12.0. The lowest BCUT2D eigenvalue weighted by Crippen LogP contribution is -2.52. The summed E-state index contributed by atoms with van der Waals surface area (Å²) in [5.41, 5.74) is 0.433. The highest BCUT2D eigenvalue weighted by molar-refractivity contribution is 7.18. The number of halogens is 2. The standard InChI is InChI=1S/C25H30ClFN4O4S/c1-15(2)13-31(17-4-5-17)20(12-28-25(34)21-7-8-22(26)36-21)24(33)29-16-3-6-19(18(27)11-16)30-9-10-35-14-23(30)32/h3,6-8,11,15,17,20H,4-5,9-10,12-14H2,1-2H3,(H,28,34)(H,29,33)/t20-/m1/s1. The number of carbonyl (C=O) groups excluding carboxylic acids is 3. The Morgan fingerprint density at radius 3 is 2.67 bits per heavy atom. The van der Waals surface area contributed by atoms with Crippen LogP contribution in [0.1, 0.15) is 36.4 Å². The number of morpholine rings is 1. The summed E-state index contributed by atoms with van der Waals surface area (Å²) in [6, 6.07) is 7.20. The van der Waals surface area contributed by atoms with Crippen molar-refractivity contribution in [3.8, 4) is 0 Å². The molecular weight excluding hydrogens is 507 g/mol. The molecule has 2 N–H and O–H groups in total. The van der Waals surface area contributed by atoms with Gasteiger partial charge in [-0.3, -0.25) is 19.3 Å². The summed E-state index contributed by atoms with van der Waals surface area (Å²) in [4.78, 5) is 42.1. The molecular formula is C25H30ClFN4O4S. The van der Waals surface area contributed by atoms with Gasteiger partial charge in [0.05, 0.1) is 21.5 Å². The van der Waals surface area contributed by atoms with E-state index in [2.05, 4.69) is 29.4 Å². The number of nitrogens with zero attached hydrogens (tertiary/aromatic N) is 2. The molecule has 8 nitrogen and oxygen atoms in total. The Morgan fingerprint density at radius 1 is 1.28 bits per heavy atom. The van der Waals surface area contributed by atoms with Gasteiger partial charge in [-0.25, -0.2) is 4.39 Å². The predicted molar refractivity (Wildman–Crippen MR) is 138 cm³/mol. The lowest BCUT2D eigenvalue weighted by Gasteiger charge is -2.32. The van der Waals surface area contributed by atoms with Gasteiger partial charge in [-0.1, -0.05) is 25.4 Å². The van der Waals surface area contributed by atoms with Crippen molar-refractivity contribution in [2.24, 2.45) is 5.92 Å². The minimum atomic E-state index is -0.636. The van der Waals surface area contributed by atoms with Gasteiger partial charge in [-0.05, 0) is 49.1 Å². The highest BCUT2D eigenvalue weighted by atomic mass is 35.5. The van der Waals surface area contributed by atoms with E-state index in [1.807, 2.05) is 0 Å². The molecule has 0 radical (unpaired) electrons. The molecule has 0 spiro atoms. The summed E-state index contributed by atoms with van der Waals surface area (Å²) in [5, 5.41) is 5.67. The SMILES string of the molecule is CC(C)CN(C1CC1)[C@H](CNC(=O)c1ccc(Cl)s1)C(=O)Nc1ccc(N2CCOCC2=O)c(F)c1. The number of hydrogen-bond donors (Lipinski definition) is 2. The van der Waals surface area contributed by atoms with Crippen molar-refractivity contribution >= 4 is 52.0 Å². The largest absolute Gasteiger partial charge is 0.370 e. The maximum Gasteiger partial charge on any atom is 0.261 e. The minimum Gasteiger partial charge on any atom is -0.370 e. The number of benzene rings is 1. The third kappa shape index (κ3) is 6.61. The van der Waals surface area contributed by atoms with Crippen LogP contribution in [0.15, 0.2) is 30.3 Å². The lowest BCUT2D eigenvalue weighted by atomic mass is 10.1. The third-order valence-corrected chi connectivity index (χ3v) is 7.27. The fourth-order valence-corrected chi connectivity index (χ4v) is 5.19. The van der Waals surface area contributed by atoms with Crippen LogP contribution in [0.4, 0.5) is 15.8 Å². The van der Waals surface area contributed by atoms with Crippen molar-refractivity contribution in [1.29, 1.82) is 0 Å². The van der Waals surface area contributed by atoms with E-state index in [1.165, 1.54) is 28.4 Å². The maximum absolute atomic E-state index is 14.9. The molecule has 2 aliphatic rings. The van der Waals surface area contributed by atoms with Crippen LogP contribution in [0.25, 0.3) is 0 Å². The molecule has 36 heavy (non-hydrogen) atoms. The molecule has 1 aromatic carbocycles. The quantitative estimate of drug-likeness (QED) is 0.482. The Bertz CT molecular complexity index is 1120. The molecule has 4 rings (SSSR count). The smallest absolute Gasteiger partial charge is 0.261 e. The van der Waals surface area contributed by atoms with Crippen LogP contribution in [0.3, 0.4) is 0 Å². The molecule has 1 atom stereocenters. The second kappa shape index (κ2) is 11.7. The molecule has 3 amide bonds. The van der Waals surface area contributed by atoms with E-state index < -0.39 is 11.9 Å². The molecule has 1 saturated carbocycles. The number of thiophene rings is 1. The highest BCUT2D eigenvalue weighted by Gasteiger charge is 2.38. The number of nitrogens with one attached hydrogen (secondary N) is 2. The van der Waals surface area contributed by atoms with Gasteiger partial charge in [-0.2, -0.15) is 0 Å². The zero-order valence-corrected chi connectivity index (χ0v) is 21.8. The molecule has 1 aromatic heterocycles. The Hall–Kier alpha value is -2.53. The van der Waals surface area contributed by atoms with Gasteiger partial charge in [0.15, 0.2) is 0 Å². The van der Waals surface area contributed by atoms with E-state index in [9.17, 15) is 18.8 Å². The molecule has 194 valence electrons. The van der Waals surface area contributed by atoms with Crippen molar-refractivity contribution in [3.63, 3.8) is 0 Å². The van der Waals surface area contributed by atoms with Crippen LogP contribution >= 0.6 is 22.9 Å². The Kier molecular flexibility index (Phi) is 8.61. The van der Waals surface area contributed by atoms with E-state index in [0.29, 0.717) is 28.3 Å². The molecule has 11 heteroatoms. The van der Waals surface area contributed by atoms with Gasteiger partial charge in [0.25, 0.3) is 11.8 Å². The van der Waals surface area contributed by atoms with Crippen LogP contribution < -0.4 is 15.5 Å². The summed E-state index contributed by atoms with van der Waals surface area (Å²) in [6.45, 7) is 5.47. The molecule has 0 unspecified atom stereocenters. The van der Waals surface area contributed by atoms with E-state index in [-0.39, 0.29) is 54.8 Å². The van der Waals surface area contributed by atoms with Crippen LogP contribution in [0.5, 0.6) is 0 Å². The number of carbonyl (C=O) groups is 3. The van der Waals surface area contributed by atoms with Crippen LogP contribution in [0, 0.1) is 11.7 Å². The Morgan fingerprint density at radius 2 is 2.06 bits per heavy atom. The molecule has 2 fully saturated rings. The third-order valence-electron chi connectivity index (χ3n) is 6.04. The zero-order valence-electron chi connectivity index (χ0n) is 20.3. The first-order chi connectivity index (χ1) is 17.2. The summed E-state index contributed by atoms with van der Waals surface area (Å²) in [7, 11) is 0. The van der Waals surface area contributed by atoms with Crippen molar-refractivity contribution < 1.29 is 23.5 Å². The second-order valence-corrected chi connectivity index (χ2v) is 11.1. The summed E-state index contributed by atoms with van der Waals surface area (Å²) in [5.74, 6) is -1.23. The van der Waals surface area contributed by atoms with E-state index in [0.717, 1.165) is 12.8 Å². The van der Waals surface area contributed by atoms with Crippen molar-refractivity contribution in [1.82, 2.24) is 10.2 Å². The number of anilines is 2. The second-order valence-electron chi connectivity index (χ2n) is 9.40. The van der Waals surface area contributed by atoms with Crippen LogP contribution in [-0.2, 0) is 14.3 Å². The van der Waals surface area contributed by atoms with Crippen LogP contribution in [-0.4, -0.2) is 67.6 Å². The predicted octanol–water partition coefficient (Wildman–Crippen LogP) is 3.76. The average molecular weight is 537 g/mol. The van der Waals surface area contributed by atoms with E-state index in [1.54, 1.807) is 18.2 Å². The van der Waals surface area contributed by atoms with Gasteiger partial charge in [0.1, 0.15) is 18.5 Å². The molecule has 1 aliphatic heterocycles. The van der Waals surface area contributed by atoms with Crippen molar-refractivity contribution in [3.05, 3.63) is 45.4 Å². The van der Waals surface area contributed by atoms with Gasteiger partial charge in [-0.15, -0.1) is 11.3 Å². The molecule has 1 saturated heterocycles. The van der Waals surface area contributed by atoms with Gasteiger partial charge in [0.2, 0.25) is 5.91 Å². The number of hydrogen-bond acceptors (Lipinski definition) is 6. The van der Waals surface area contributed by atoms with Gasteiger partial charge >= 0.3 is 0 Å². The minimum absolute atomic E-state index is 0.0874. The molecule has 0 bridgehead atoms. The average Bonchev–Trinajstić information content (AvgIpc) is 3.58. The normalized spacial score (nSPS) is 16.9. The first-order valence-corrected chi connectivity index (χ1v) is 13.2. The monoisotopic (exact) mass is 536 g/mol. The van der Waals surface area contributed by atoms with Crippen LogP contribution in [0.2, 0.25) is 4.34 Å². The summed E-state index contributed by atoms with van der Waals surface area (Å²) >= 11 is 7.13. The number of amides is 3. The topological polar surface area (TPSA) is 91.0 Å². The maximum atomic E-state index is 14.9. The number of rotatable bonds is 10. The highest BCUT2D eigenvalue weighted by Crippen LogP contribution is 2.30. The first kappa shape index (κ1) is 26.5. The summed E-state index contributed by atoms with van der Waals surface area (Å²) in [6.07, 6.45) is 1.98. The van der Waals surface area contributed by atoms with Gasteiger partial charge < -0.3 is 20.3 Å². The number of ether oxygens (including phenoxy) is 1. The van der Waals surface area contributed by atoms with Crippen molar-refractivity contribution in [2.75, 3.05) is 43.1 Å². The Balaban J connectivity index is 1.49. The molecule has 2 heterocycles. The molecule has 1 aliphatic carbocycles. The fraction of sp³-hybridized carbons (Fsp3) is 0.480. The summed E-state index contributed by atoms with van der Waals surface area (Å²) < 4.78 is 20.5.